The summed E-state index contributed by atoms with van der Waals surface area (Å²) in [4.78, 5) is 36.2. The summed E-state index contributed by atoms with van der Waals surface area (Å²) in [5.41, 5.74) is 3.59. The van der Waals surface area contributed by atoms with E-state index in [1.807, 2.05) is 53.7 Å². The Morgan fingerprint density at radius 3 is 2.58 bits per heavy atom. The number of carbonyl (C=O) groups excluding carboxylic acids is 2. The van der Waals surface area contributed by atoms with Crippen molar-refractivity contribution in [2.24, 2.45) is 0 Å². The van der Waals surface area contributed by atoms with Gasteiger partial charge in [0.2, 0.25) is 0 Å². The summed E-state index contributed by atoms with van der Waals surface area (Å²) in [6, 6.07) is 11.8. The Labute approximate surface area is 228 Å². The van der Waals surface area contributed by atoms with E-state index in [2.05, 4.69) is 22.6 Å². The molecule has 3 amide bonds. The predicted octanol–water partition coefficient (Wildman–Crippen LogP) is 5.33. The number of pyridine rings is 1. The second-order valence-electron chi connectivity index (χ2n) is 10.2. The van der Waals surface area contributed by atoms with Crippen LogP contribution in [0.5, 0.6) is 5.75 Å². The quantitative estimate of drug-likeness (QED) is 0.429. The molecule has 2 N–H and O–H groups in total. The molecule has 0 atom stereocenters. The van der Waals surface area contributed by atoms with Gasteiger partial charge >= 0.3 is 6.03 Å². The minimum absolute atomic E-state index is 0.0650. The summed E-state index contributed by atoms with van der Waals surface area (Å²) in [5, 5.41) is 7.88. The Kier molecular flexibility index (Phi) is 7.95. The number of ether oxygens (including phenoxy) is 1. The van der Waals surface area contributed by atoms with Gasteiger partial charge in [-0.25, -0.2) is 4.79 Å². The number of hydrogen-bond acceptors (Lipinski definition) is 6. The Hall–Kier alpha value is -3.43. The first-order valence-corrected chi connectivity index (χ1v) is 14.1. The molecular weight excluding hydrogens is 498 g/mol. The molecule has 2 aliphatic rings. The molecule has 8 nitrogen and oxygen atoms in total. The van der Waals surface area contributed by atoms with Crippen LogP contribution in [-0.2, 0) is 0 Å². The van der Waals surface area contributed by atoms with Crippen LogP contribution in [0.15, 0.2) is 48.0 Å². The normalized spacial score (nSPS) is 16.5. The van der Waals surface area contributed by atoms with Crippen molar-refractivity contribution < 1.29 is 14.3 Å². The van der Waals surface area contributed by atoms with E-state index >= 15 is 0 Å². The number of piperidine rings is 1. The third-order valence-corrected chi connectivity index (χ3v) is 8.61. The number of carbonyl (C=O) groups is 2. The number of amides is 3. The number of thiophene rings is 1. The van der Waals surface area contributed by atoms with Gasteiger partial charge in [-0.1, -0.05) is 12.1 Å². The molecule has 0 bridgehead atoms. The fraction of sp³-hybridized carbons (Fsp3) is 0.414. The molecule has 5 rings (SSSR count). The van der Waals surface area contributed by atoms with Gasteiger partial charge in [0.15, 0.2) is 0 Å². The molecule has 3 heterocycles. The highest BCUT2D eigenvalue weighted by Gasteiger charge is 2.29. The Bertz CT molecular complexity index is 1300. The van der Waals surface area contributed by atoms with Crippen LogP contribution in [0.2, 0.25) is 0 Å². The van der Waals surface area contributed by atoms with Crippen LogP contribution in [0.25, 0.3) is 21.7 Å². The van der Waals surface area contributed by atoms with E-state index in [-0.39, 0.29) is 24.0 Å². The van der Waals surface area contributed by atoms with Gasteiger partial charge in [-0.3, -0.25) is 9.78 Å². The number of hydrogen-bond donors (Lipinski definition) is 2. The van der Waals surface area contributed by atoms with Crippen molar-refractivity contribution in [3.05, 3.63) is 53.5 Å². The van der Waals surface area contributed by atoms with E-state index in [0.717, 1.165) is 60.5 Å². The Morgan fingerprint density at radius 2 is 1.87 bits per heavy atom. The predicted molar refractivity (Wildman–Crippen MR) is 152 cm³/mol. The monoisotopic (exact) mass is 533 g/mol. The molecule has 1 saturated heterocycles. The number of rotatable bonds is 7. The number of nitrogens with one attached hydrogen (secondary N) is 2. The van der Waals surface area contributed by atoms with Gasteiger partial charge in [0.05, 0.1) is 24.1 Å². The topological polar surface area (TPSA) is 86.8 Å². The van der Waals surface area contributed by atoms with Crippen molar-refractivity contribution in [1.29, 1.82) is 0 Å². The maximum atomic E-state index is 13.9. The van der Waals surface area contributed by atoms with Crippen LogP contribution in [0.1, 0.15) is 42.5 Å². The van der Waals surface area contributed by atoms with Crippen LogP contribution in [-0.4, -0.2) is 73.1 Å². The van der Waals surface area contributed by atoms with Crippen molar-refractivity contribution in [3.63, 3.8) is 0 Å². The number of nitrogens with zero attached hydrogens (tertiary/aromatic N) is 3. The number of methoxy groups -OCH3 is 1. The first-order chi connectivity index (χ1) is 18.4. The van der Waals surface area contributed by atoms with Crippen molar-refractivity contribution in [3.8, 4) is 27.4 Å². The first kappa shape index (κ1) is 26.2. The summed E-state index contributed by atoms with van der Waals surface area (Å²) in [6.45, 7) is 1.94. The number of likely N-dealkylation sites (tertiary alicyclic amines) is 1. The molecule has 1 aliphatic carbocycles. The number of urea groups is 1. The van der Waals surface area contributed by atoms with Gasteiger partial charge in [-0.05, 0) is 76.5 Å². The molecule has 1 saturated carbocycles. The average Bonchev–Trinajstić information content (AvgIpc) is 3.38. The van der Waals surface area contributed by atoms with Crippen LogP contribution in [0, 0.1) is 0 Å². The lowest BCUT2D eigenvalue weighted by Gasteiger charge is -2.35. The summed E-state index contributed by atoms with van der Waals surface area (Å²) in [7, 11) is 5.60. The summed E-state index contributed by atoms with van der Waals surface area (Å²) in [6.07, 6.45) is 6.87. The van der Waals surface area contributed by atoms with Gasteiger partial charge in [-0.15, -0.1) is 11.3 Å². The lowest BCUT2D eigenvalue weighted by Crippen LogP contribution is -2.44. The molecule has 0 spiro atoms. The summed E-state index contributed by atoms with van der Waals surface area (Å²) >= 11 is 1.53. The van der Waals surface area contributed by atoms with E-state index in [0.29, 0.717) is 17.0 Å². The fourth-order valence-electron chi connectivity index (χ4n) is 5.11. The maximum absolute atomic E-state index is 13.9. The van der Waals surface area contributed by atoms with Gasteiger partial charge in [-0.2, -0.15) is 0 Å². The highest BCUT2D eigenvalue weighted by molar-refractivity contribution is 7.14. The lowest BCUT2D eigenvalue weighted by molar-refractivity contribution is 0.0657. The smallest absolute Gasteiger partial charge is 0.319 e. The highest BCUT2D eigenvalue weighted by atomic mass is 32.1. The molecule has 38 heavy (non-hydrogen) atoms. The number of aromatic nitrogens is 1. The first-order valence-electron chi connectivity index (χ1n) is 13.2. The van der Waals surface area contributed by atoms with Crippen molar-refractivity contribution in [1.82, 2.24) is 20.1 Å². The van der Waals surface area contributed by atoms with Gasteiger partial charge < -0.3 is 25.2 Å². The zero-order chi connectivity index (χ0) is 26.6. The molecule has 9 heteroatoms. The van der Waals surface area contributed by atoms with E-state index in [4.69, 9.17) is 9.72 Å². The number of anilines is 1. The molecule has 0 unspecified atom stereocenters. The molecule has 3 aromatic rings. The molecule has 1 aromatic carbocycles. The fourth-order valence-corrected chi connectivity index (χ4v) is 5.98. The largest absolute Gasteiger partial charge is 0.496 e. The highest BCUT2D eigenvalue weighted by Crippen LogP contribution is 2.39. The molecule has 2 aromatic heterocycles. The SMILES string of the molecule is COc1cccc(-c2ncccc2-c2cc(NC(=O)NC3CCC3)cs2)c1C(=O)N(C)C1CCN(C)CC1. The van der Waals surface area contributed by atoms with Crippen LogP contribution < -0.4 is 15.4 Å². The Morgan fingerprint density at radius 1 is 1.11 bits per heavy atom. The zero-order valence-electron chi connectivity index (χ0n) is 22.2. The minimum atomic E-state index is -0.178. The third kappa shape index (κ3) is 5.54. The van der Waals surface area contributed by atoms with Crippen molar-refractivity contribution in [2.75, 3.05) is 39.6 Å². The third-order valence-electron chi connectivity index (χ3n) is 7.64. The summed E-state index contributed by atoms with van der Waals surface area (Å²) < 4.78 is 5.69. The van der Waals surface area contributed by atoms with Crippen LogP contribution in [0.4, 0.5) is 10.5 Å². The zero-order valence-corrected chi connectivity index (χ0v) is 23.0. The average molecular weight is 534 g/mol. The minimum Gasteiger partial charge on any atom is -0.496 e. The molecule has 200 valence electrons. The lowest BCUT2D eigenvalue weighted by atomic mass is 9.93. The van der Waals surface area contributed by atoms with E-state index < -0.39 is 0 Å². The standard InChI is InChI=1S/C29H35N5O3S/c1-33-15-12-21(13-16-33)34(2)28(35)26-23(9-5-11-24(26)37-3)27-22(10-6-14-30-27)25-17-20(18-38-25)32-29(36)31-19-7-4-8-19/h5-6,9-11,14,17-19,21H,4,7-8,12-13,15-16H2,1-3H3,(H2,31,32,36). The Balaban J connectivity index is 1.45. The molecular formula is C29H35N5O3S. The van der Waals surface area contributed by atoms with E-state index in [1.165, 1.54) is 17.8 Å². The molecule has 2 fully saturated rings. The van der Waals surface area contributed by atoms with Gasteiger partial charge in [0.1, 0.15) is 5.75 Å². The van der Waals surface area contributed by atoms with Crippen LogP contribution >= 0.6 is 11.3 Å². The maximum Gasteiger partial charge on any atom is 0.319 e. The molecule has 1 aliphatic heterocycles. The number of benzene rings is 1. The molecule has 0 radical (unpaired) electrons. The van der Waals surface area contributed by atoms with Crippen molar-refractivity contribution >= 4 is 29.0 Å². The van der Waals surface area contributed by atoms with Gasteiger partial charge in [0, 0.05) is 46.7 Å². The van der Waals surface area contributed by atoms with E-state index in [1.54, 1.807) is 13.3 Å². The second-order valence-corrected chi connectivity index (χ2v) is 11.1. The van der Waals surface area contributed by atoms with Gasteiger partial charge in [0.25, 0.3) is 5.91 Å². The van der Waals surface area contributed by atoms with E-state index in [9.17, 15) is 9.59 Å². The summed E-state index contributed by atoms with van der Waals surface area (Å²) in [5.74, 6) is 0.467. The van der Waals surface area contributed by atoms with Crippen LogP contribution in [0.3, 0.4) is 0 Å². The second kappa shape index (κ2) is 11.5. The van der Waals surface area contributed by atoms with Crippen molar-refractivity contribution in [2.45, 2.75) is 44.2 Å².